The predicted octanol–water partition coefficient (Wildman–Crippen LogP) is 0.830. The van der Waals surface area contributed by atoms with Gasteiger partial charge >= 0.3 is 0 Å². The Bertz CT molecular complexity index is 430. The molecule has 2 unspecified atom stereocenters. The van der Waals surface area contributed by atoms with Crippen LogP contribution < -0.4 is 10.2 Å². The Balaban J connectivity index is 2.27. The summed E-state index contributed by atoms with van der Waals surface area (Å²) in [5, 5.41) is 13.2. The minimum atomic E-state index is -0.504. The van der Waals surface area contributed by atoms with Gasteiger partial charge in [-0.1, -0.05) is 11.3 Å². The molecule has 0 saturated carbocycles. The van der Waals surface area contributed by atoms with E-state index in [4.69, 9.17) is 0 Å². The van der Waals surface area contributed by atoms with Crippen molar-refractivity contribution in [2.24, 2.45) is 0 Å². The molecule has 0 radical (unpaired) electrons. The van der Waals surface area contributed by atoms with Gasteiger partial charge in [-0.2, -0.15) is 0 Å². The lowest BCUT2D eigenvalue weighted by Gasteiger charge is -2.32. The van der Waals surface area contributed by atoms with Crippen LogP contribution in [0.1, 0.15) is 30.5 Å². The Morgan fingerprint density at radius 1 is 1.65 bits per heavy atom. The van der Waals surface area contributed by atoms with Crippen molar-refractivity contribution in [2.75, 3.05) is 18.0 Å². The lowest BCUT2D eigenvalue weighted by molar-refractivity contribution is -0.122. The third-order valence-corrected chi connectivity index (χ3v) is 4.31. The van der Waals surface area contributed by atoms with E-state index in [1.54, 1.807) is 6.92 Å². The Kier molecular flexibility index (Phi) is 3.35. The van der Waals surface area contributed by atoms with Gasteiger partial charge in [0, 0.05) is 13.1 Å². The molecule has 1 aromatic rings. The summed E-state index contributed by atoms with van der Waals surface area (Å²) in [6.45, 7) is 6.89. The molecule has 6 heteroatoms. The summed E-state index contributed by atoms with van der Waals surface area (Å²) >= 11 is 1.46. The van der Waals surface area contributed by atoms with E-state index in [0.29, 0.717) is 6.54 Å². The summed E-state index contributed by atoms with van der Waals surface area (Å²) in [5.74, 6) is 0.0303. The number of carbonyl (C=O) groups excluding carboxylic acids is 1. The van der Waals surface area contributed by atoms with Gasteiger partial charge in [-0.05, 0) is 20.8 Å². The molecule has 2 rings (SSSR count). The number of nitrogens with one attached hydrogen (secondary N) is 1. The van der Waals surface area contributed by atoms with Gasteiger partial charge in [0.15, 0.2) is 5.13 Å². The number of hydrogen-bond donors (Lipinski definition) is 2. The van der Waals surface area contributed by atoms with Crippen LogP contribution in [0.2, 0.25) is 0 Å². The van der Waals surface area contributed by atoms with Gasteiger partial charge < -0.3 is 15.3 Å². The fraction of sp³-hybridized carbons (Fsp3) is 0.636. The van der Waals surface area contributed by atoms with Crippen molar-refractivity contribution in [3.05, 3.63) is 10.6 Å². The van der Waals surface area contributed by atoms with E-state index in [0.717, 1.165) is 22.2 Å². The molecule has 5 nitrogen and oxygen atoms in total. The third-order valence-electron chi connectivity index (χ3n) is 2.95. The summed E-state index contributed by atoms with van der Waals surface area (Å²) in [6, 6.07) is -0.198. The highest BCUT2D eigenvalue weighted by Gasteiger charge is 2.28. The first-order valence-corrected chi connectivity index (χ1v) is 6.52. The Morgan fingerprint density at radius 2 is 2.35 bits per heavy atom. The number of aliphatic hydroxyl groups excluding tert-OH is 1. The van der Waals surface area contributed by atoms with E-state index in [9.17, 15) is 9.90 Å². The first-order chi connectivity index (χ1) is 8.00. The maximum Gasteiger partial charge on any atom is 0.242 e. The minimum absolute atomic E-state index is 0.0303. The van der Waals surface area contributed by atoms with Crippen LogP contribution in [-0.2, 0) is 4.79 Å². The Labute approximate surface area is 104 Å². The first kappa shape index (κ1) is 12.3. The molecule has 94 valence electrons. The van der Waals surface area contributed by atoms with E-state index in [1.807, 2.05) is 18.7 Å². The van der Waals surface area contributed by atoms with Crippen LogP contribution in [-0.4, -0.2) is 35.1 Å². The largest absolute Gasteiger partial charge is 0.388 e. The number of thiazole rings is 1. The average Bonchev–Trinajstić information content (AvgIpc) is 2.64. The second-order valence-corrected chi connectivity index (χ2v) is 5.29. The zero-order chi connectivity index (χ0) is 12.6. The Morgan fingerprint density at radius 3 is 2.94 bits per heavy atom. The Hall–Kier alpha value is -1.14. The molecule has 2 heterocycles. The minimum Gasteiger partial charge on any atom is -0.388 e. The highest BCUT2D eigenvalue weighted by atomic mass is 32.1. The normalized spacial score (nSPS) is 22.5. The lowest BCUT2D eigenvalue weighted by atomic mass is 10.2. The molecule has 1 aliphatic rings. The van der Waals surface area contributed by atoms with Crippen LogP contribution in [0.5, 0.6) is 0 Å². The second-order valence-electron chi connectivity index (χ2n) is 4.28. The van der Waals surface area contributed by atoms with Gasteiger partial charge in [-0.25, -0.2) is 4.98 Å². The third kappa shape index (κ3) is 2.28. The number of aryl methyl sites for hydroxylation is 1. The quantitative estimate of drug-likeness (QED) is 0.821. The van der Waals surface area contributed by atoms with Crippen LogP contribution in [0.25, 0.3) is 0 Å². The molecule has 1 saturated heterocycles. The fourth-order valence-electron chi connectivity index (χ4n) is 1.95. The van der Waals surface area contributed by atoms with Crippen molar-refractivity contribution in [2.45, 2.75) is 32.9 Å². The topological polar surface area (TPSA) is 65.5 Å². The van der Waals surface area contributed by atoms with E-state index in [-0.39, 0.29) is 11.9 Å². The standard InChI is InChI=1S/C11H17N3O2S/c1-6-9(8(3)15)17-11(13-6)14-5-4-12-10(16)7(14)2/h7-8,15H,4-5H2,1-3H3,(H,12,16). The van der Waals surface area contributed by atoms with Crippen LogP contribution in [0, 0.1) is 6.92 Å². The zero-order valence-corrected chi connectivity index (χ0v) is 11.0. The van der Waals surface area contributed by atoms with Crippen molar-refractivity contribution in [3.63, 3.8) is 0 Å². The molecular formula is C11H17N3O2S. The molecule has 1 fully saturated rings. The van der Waals surface area contributed by atoms with E-state index in [2.05, 4.69) is 10.3 Å². The molecule has 1 aromatic heterocycles. The number of amides is 1. The number of anilines is 1. The summed E-state index contributed by atoms with van der Waals surface area (Å²) in [5.41, 5.74) is 0.846. The molecule has 0 aliphatic carbocycles. The van der Waals surface area contributed by atoms with Crippen molar-refractivity contribution in [1.29, 1.82) is 0 Å². The van der Waals surface area contributed by atoms with Gasteiger partial charge in [0.05, 0.1) is 16.7 Å². The molecule has 1 amide bonds. The highest BCUT2D eigenvalue weighted by Crippen LogP contribution is 2.31. The van der Waals surface area contributed by atoms with Gasteiger partial charge in [0.25, 0.3) is 0 Å². The molecule has 1 aliphatic heterocycles. The average molecular weight is 255 g/mol. The molecule has 2 atom stereocenters. The molecule has 0 bridgehead atoms. The number of hydrogen-bond acceptors (Lipinski definition) is 5. The van der Waals surface area contributed by atoms with E-state index >= 15 is 0 Å². The van der Waals surface area contributed by atoms with Gasteiger partial charge in [-0.3, -0.25) is 4.79 Å². The molecule has 0 spiro atoms. The first-order valence-electron chi connectivity index (χ1n) is 5.70. The van der Waals surface area contributed by atoms with Crippen LogP contribution in [0.3, 0.4) is 0 Å². The van der Waals surface area contributed by atoms with Crippen molar-refractivity contribution < 1.29 is 9.90 Å². The smallest absolute Gasteiger partial charge is 0.242 e. The maximum atomic E-state index is 11.6. The van der Waals surface area contributed by atoms with Crippen LogP contribution in [0.15, 0.2) is 0 Å². The summed E-state index contributed by atoms with van der Waals surface area (Å²) in [6.07, 6.45) is -0.504. The van der Waals surface area contributed by atoms with E-state index < -0.39 is 6.10 Å². The number of piperazine rings is 1. The summed E-state index contributed by atoms with van der Waals surface area (Å²) in [4.78, 5) is 18.9. The summed E-state index contributed by atoms with van der Waals surface area (Å²) < 4.78 is 0. The van der Waals surface area contributed by atoms with Crippen molar-refractivity contribution in [1.82, 2.24) is 10.3 Å². The predicted molar refractivity (Wildman–Crippen MR) is 67.3 cm³/mol. The van der Waals surface area contributed by atoms with Crippen LogP contribution in [0.4, 0.5) is 5.13 Å². The number of carbonyl (C=O) groups is 1. The monoisotopic (exact) mass is 255 g/mol. The number of rotatable bonds is 2. The van der Waals surface area contributed by atoms with Gasteiger partial charge in [0.2, 0.25) is 5.91 Å². The molecule has 0 aromatic carbocycles. The van der Waals surface area contributed by atoms with E-state index in [1.165, 1.54) is 11.3 Å². The fourth-order valence-corrected chi connectivity index (χ4v) is 3.06. The second kappa shape index (κ2) is 4.62. The van der Waals surface area contributed by atoms with Gasteiger partial charge in [0.1, 0.15) is 6.04 Å². The molecule has 2 N–H and O–H groups in total. The van der Waals surface area contributed by atoms with Crippen LogP contribution >= 0.6 is 11.3 Å². The van der Waals surface area contributed by atoms with Gasteiger partial charge in [-0.15, -0.1) is 0 Å². The lowest BCUT2D eigenvalue weighted by Crippen LogP contribution is -2.54. The number of nitrogens with zero attached hydrogens (tertiary/aromatic N) is 2. The number of aromatic nitrogens is 1. The van der Waals surface area contributed by atoms with Crippen molar-refractivity contribution in [3.8, 4) is 0 Å². The highest BCUT2D eigenvalue weighted by molar-refractivity contribution is 7.15. The number of aliphatic hydroxyl groups is 1. The molecular weight excluding hydrogens is 238 g/mol. The molecule has 17 heavy (non-hydrogen) atoms. The summed E-state index contributed by atoms with van der Waals surface area (Å²) in [7, 11) is 0. The SMILES string of the molecule is Cc1nc(N2CCNC(=O)C2C)sc1C(C)O. The van der Waals surface area contributed by atoms with Crippen molar-refractivity contribution >= 4 is 22.4 Å². The maximum absolute atomic E-state index is 11.6. The zero-order valence-electron chi connectivity index (χ0n) is 10.2.